The molecule has 180 valence electrons. The third kappa shape index (κ3) is 6.87. The van der Waals surface area contributed by atoms with Crippen LogP contribution in [-0.2, 0) is 16.0 Å². The van der Waals surface area contributed by atoms with Crippen molar-refractivity contribution >= 4 is 51.7 Å². The largest absolute Gasteiger partial charge is 0.497 e. The Bertz CT molecular complexity index is 1180. The van der Waals surface area contributed by atoms with Gasteiger partial charge < -0.3 is 10.1 Å². The monoisotopic (exact) mass is 507 g/mol. The van der Waals surface area contributed by atoms with Crippen molar-refractivity contribution in [2.24, 2.45) is 4.99 Å². The number of thioether (sulfide) groups is 1. The van der Waals surface area contributed by atoms with E-state index in [4.69, 9.17) is 21.3 Å². The fraction of sp³-hybridized carbons (Fsp3) is 0.222. The van der Waals surface area contributed by atoms with E-state index in [1.807, 2.05) is 18.2 Å². The number of rotatable bonds is 8. The minimum Gasteiger partial charge on any atom is -0.497 e. The zero-order valence-electron chi connectivity index (χ0n) is 19.3. The van der Waals surface area contributed by atoms with Gasteiger partial charge in [-0.2, -0.15) is 0 Å². The highest BCUT2D eigenvalue weighted by atomic mass is 35.5. The minimum absolute atomic E-state index is 0.109. The van der Waals surface area contributed by atoms with Gasteiger partial charge in [-0.1, -0.05) is 53.7 Å². The molecule has 4 rings (SSSR count). The lowest BCUT2D eigenvalue weighted by molar-refractivity contribution is -0.129. The van der Waals surface area contributed by atoms with Gasteiger partial charge in [0.2, 0.25) is 11.8 Å². The summed E-state index contributed by atoms with van der Waals surface area (Å²) >= 11 is 7.32. The van der Waals surface area contributed by atoms with Crippen LogP contribution in [0.25, 0.3) is 0 Å². The number of aliphatic imine (C=N–C) groups is 1. The average Bonchev–Trinajstić information content (AvgIpc) is 2.88. The molecular formula is C27H26ClN3O3S. The van der Waals surface area contributed by atoms with Gasteiger partial charge in [-0.05, 0) is 66.9 Å². The Morgan fingerprint density at radius 2 is 1.80 bits per heavy atom. The second-order valence-corrected chi connectivity index (χ2v) is 9.64. The third-order valence-electron chi connectivity index (χ3n) is 5.53. The van der Waals surface area contributed by atoms with Crippen molar-refractivity contribution < 1.29 is 14.3 Å². The smallest absolute Gasteiger partial charge is 0.238 e. The molecule has 1 aliphatic heterocycles. The van der Waals surface area contributed by atoms with Crippen molar-refractivity contribution in [3.05, 3.63) is 89.4 Å². The molecule has 1 fully saturated rings. The van der Waals surface area contributed by atoms with Crippen LogP contribution in [0.1, 0.15) is 18.4 Å². The molecule has 0 aliphatic carbocycles. The molecule has 3 aromatic carbocycles. The van der Waals surface area contributed by atoms with E-state index in [9.17, 15) is 9.59 Å². The topological polar surface area (TPSA) is 71.0 Å². The van der Waals surface area contributed by atoms with E-state index in [2.05, 4.69) is 17.4 Å². The number of methoxy groups -OCH3 is 1. The molecule has 1 heterocycles. The maximum absolute atomic E-state index is 13.2. The van der Waals surface area contributed by atoms with Crippen molar-refractivity contribution in [2.75, 3.05) is 19.0 Å². The molecule has 1 saturated heterocycles. The molecule has 0 aromatic heterocycles. The summed E-state index contributed by atoms with van der Waals surface area (Å²) in [4.78, 5) is 32.6. The number of amides is 2. The minimum atomic E-state index is -0.582. The van der Waals surface area contributed by atoms with E-state index in [1.54, 1.807) is 60.5 Å². The molecule has 1 atom stereocenters. The Hall–Kier alpha value is -3.29. The number of benzene rings is 3. The van der Waals surface area contributed by atoms with E-state index in [0.717, 1.165) is 12.8 Å². The van der Waals surface area contributed by atoms with Gasteiger partial charge in [0.25, 0.3) is 0 Å². The number of nitrogens with zero attached hydrogens (tertiary/aromatic N) is 2. The summed E-state index contributed by atoms with van der Waals surface area (Å²) in [5.41, 5.74) is 2.54. The number of aryl methyl sites for hydroxylation is 1. The first-order valence-electron chi connectivity index (χ1n) is 11.3. The summed E-state index contributed by atoms with van der Waals surface area (Å²) in [6.45, 7) is 0.528. The van der Waals surface area contributed by atoms with Gasteiger partial charge >= 0.3 is 0 Å². The number of amidine groups is 1. The van der Waals surface area contributed by atoms with Crippen LogP contribution in [0.3, 0.4) is 0 Å². The van der Waals surface area contributed by atoms with Gasteiger partial charge in [0.1, 0.15) is 11.0 Å². The lowest BCUT2D eigenvalue weighted by Crippen LogP contribution is -2.45. The molecule has 0 bridgehead atoms. The zero-order valence-corrected chi connectivity index (χ0v) is 20.9. The van der Waals surface area contributed by atoms with Gasteiger partial charge in [-0.15, -0.1) is 0 Å². The van der Waals surface area contributed by atoms with Gasteiger partial charge in [0, 0.05) is 23.7 Å². The van der Waals surface area contributed by atoms with E-state index in [-0.39, 0.29) is 18.2 Å². The normalized spacial score (nSPS) is 16.9. The number of carbonyl (C=O) groups is 2. The maximum atomic E-state index is 13.2. The van der Waals surface area contributed by atoms with Crippen molar-refractivity contribution in [1.29, 1.82) is 0 Å². The number of carbonyl (C=O) groups excluding carboxylic acids is 2. The molecule has 1 aliphatic rings. The summed E-state index contributed by atoms with van der Waals surface area (Å²) in [6, 6.07) is 24.4. The molecule has 3 aromatic rings. The van der Waals surface area contributed by atoms with Crippen LogP contribution in [-0.4, -0.2) is 40.8 Å². The second kappa shape index (κ2) is 11.9. The molecule has 2 amide bonds. The van der Waals surface area contributed by atoms with Gasteiger partial charge in [-0.25, -0.2) is 4.99 Å². The molecule has 8 heteroatoms. The standard InChI is InChI=1S/C27H26ClN3O3S/c1-34-23-15-13-21(14-16-23)29-26(33)24-18-25(32)31(17-5-8-19-6-3-2-4-7-19)27(35-24)30-22-11-9-20(28)10-12-22/h2-4,6-7,9-16,24H,5,8,17-18H2,1H3,(H,29,33). The number of nitrogens with one attached hydrogen (secondary N) is 1. The van der Waals surface area contributed by atoms with Crippen LogP contribution in [0.4, 0.5) is 11.4 Å². The number of halogens is 1. The molecule has 0 radical (unpaired) electrons. The lowest BCUT2D eigenvalue weighted by Gasteiger charge is -2.32. The first-order chi connectivity index (χ1) is 17.0. The third-order valence-corrected chi connectivity index (χ3v) is 6.97. The molecule has 1 N–H and O–H groups in total. The van der Waals surface area contributed by atoms with E-state index < -0.39 is 5.25 Å². The Morgan fingerprint density at radius 3 is 2.49 bits per heavy atom. The van der Waals surface area contributed by atoms with E-state index in [1.165, 1.54) is 17.3 Å². The van der Waals surface area contributed by atoms with Gasteiger partial charge in [0.15, 0.2) is 5.17 Å². The predicted octanol–water partition coefficient (Wildman–Crippen LogP) is 5.94. The van der Waals surface area contributed by atoms with Crippen LogP contribution >= 0.6 is 23.4 Å². The highest BCUT2D eigenvalue weighted by molar-refractivity contribution is 8.15. The predicted molar refractivity (Wildman–Crippen MR) is 143 cm³/mol. The summed E-state index contributed by atoms with van der Waals surface area (Å²) in [6.07, 6.45) is 1.75. The van der Waals surface area contributed by atoms with Crippen LogP contribution < -0.4 is 10.1 Å². The highest BCUT2D eigenvalue weighted by Crippen LogP contribution is 2.31. The van der Waals surface area contributed by atoms with Crippen LogP contribution in [0.2, 0.25) is 5.02 Å². The highest BCUT2D eigenvalue weighted by Gasteiger charge is 2.35. The maximum Gasteiger partial charge on any atom is 0.238 e. The Labute approximate surface area is 214 Å². The molecule has 35 heavy (non-hydrogen) atoms. The van der Waals surface area contributed by atoms with Crippen LogP contribution in [0.5, 0.6) is 5.75 Å². The summed E-state index contributed by atoms with van der Waals surface area (Å²) in [5.74, 6) is 0.356. The van der Waals surface area contributed by atoms with E-state index >= 15 is 0 Å². The Kier molecular flexibility index (Phi) is 8.45. The average molecular weight is 508 g/mol. The number of ether oxygens (including phenoxy) is 1. The first-order valence-corrected chi connectivity index (χ1v) is 12.6. The first kappa shape index (κ1) is 24.8. The summed E-state index contributed by atoms with van der Waals surface area (Å²) in [5, 5.41) is 3.44. The molecule has 6 nitrogen and oxygen atoms in total. The van der Waals surface area contributed by atoms with Crippen molar-refractivity contribution in [1.82, 2.24) is 4.90 Å². The van der Waals surface area contributed by atoms with Gasteiger partial charge in [0.05, 0.1) is 12.8 Å². The lowest BCUT2D eigenvalue weighted by atomic mass is 10.1. The summed E-state index contributed by atoms with van der Waals surface area (Å²) < 4.78 is 5.16. The molecule has 0 saturated carbocycles. The van der Waals surface area contributed by atoms with Crippen molar-refractivity contribution in [3.63, 3.8) is 0 Å². The van der Waals surface area contributed by atoms with Crippen molar-refractivity contribution in [3.8, 4) is 5.75 Å². The molecular weight excluding hydrogens is 482 g/mol. The van der Waals surface area contributed by atoms with Gasteiger partial charge in [-0.3, -0.25) is 14.5 Å². The molecule has 0 spiro atoms. The number of hydrogen-bond donors (Lipinski definition) is 1. The fourth-order valence-electron chi connectivity index (χ4n) is 3.67. The fourth-order valence-corrected chi connectivity index (χ4v) is 4.92. The van der Waals surface area contributed by atoms with Crippen molar-refractivity contribution in [2.45, 2.75) is 24.5 Å². The quantitative estimate of drug-likeness (QED) is 0.409. The Balaban J connectivity index is 1.49. The molecule has 1 unspecified atom stereocenters. The number of anilines is 1. The SMILES string of the molecule is COc1ccc(NC(=O)C2CC(=O)N(CCCc3ccccc3)C(=Nc3ccc(Cl)cc3)S2)cc1. The van der Waals surface area contributed by atoms with E-state index in [0.29, 0.717) is 33.9 Å². The van der Waals surface area contributed by atoms with Crippen LogP contribution in [0.15, 0.2) is 83.9 Å². The Morgan fingerprint density at radius 1 is 1.09 bits per heavy atom. The summed E-state index contributed by atoms with van der Waals surface area (Å²) in [7, 11) is 1.59. The zero-order chi connectivity index (χ0) is 24.6. The second-order valence-electron chi connectivity index (χ2n) is 8.03. The van der Waals surface area contributed by atoms with Crippen LogP contribution in [0, 0.1) is 0 Å². The number of hydrogen-bond acceptors (Lipinski definition) is 5.